The Morgan fingerprint density at radius 2 is 1.72 bits per heavy atom. The zero-order valence-corrected chi connectivity index (χ0v) is 28.5. The second-order valence-corrected chi connectivity index (χ2v) is 14.4. The van der Waals surface area contributed by atoms with Crippen LogP contribution in [0.25, 0.3) is 0 Å². The monoisotopic (exact) mass is 665 g/mol. The highest BCUT2D eigenvalue weighted by Gasteiger charge is 2.32. The largest absolute Gasteiger partial charge is 0.490 e. The van der Waals surface area contributed by atoms with Gasteiger partial charge in [0.15, 0.2) is 0 Å². The lowest BCUT2D eigenvalue weighted by Crippen LogP contribution is -2.48. The number of likely N-dealkylation sites (N-methyl/N-ethyl adjacent to an activating group) is 1. The van der Waals surface area contributed by atoms with Crippen LogP contribution in [0.2, 0.25) is 0 Å². The quantitative estimate of drug-likeness (QED) is 0.330. The van der Waals surface area contributed by atoms with Crippen molar-refractivity contribution in [2.75, 3.05) is 38.7 Å². The van der Waals surface area contributed by atoms with E-state index in [1.165, 1.54) is 11.4 Å². The Hall–Kier alpha value is -3.77. The lowest BCUT2D eigenvalue weighted by molar-refractivity contribution is -0.115. The highest BCUT2D eigenvalue weighted by molar-refractivity contribution is 7.89. The van der Waals surface area contributed by atoms with Crippen LogP contribution in [-0.4, -0.2) is 86.1 Å². The van der Waals surface area contributed by atoms with Crippen molar-refractivity contribution in [2.24, 2.45) is 5.92 Å². The molecule has 0 fully saturated rings. The van der Waals surface area contributed by atoms with E-state index in [2.05, 4.69) is 5.32 Å². The molecule has 4 atom stereocenters. The first-order chi connectivity index (χ1) is 22.5. The summed E-state index contributed by atoms with van der Waals surface area (Å²) in [6.45, 7) is 6.03. The molecule has 0 spiro atoms. The van der Waals surface area contributed by atoms with Crippen LogP contribution in [0.1, 0.15) is 56.0 Å². The van der Waals surface area contributed by atoms with Crippen molar-refractivity contribution < 1.29 is 32.6 Å². The lowest BCUT2D eigenvalue weighted by atomic mass is 10.0. The summed E-state index contributed by atoms with van der Waals surface area (Å²) in [7, 11) is -2.23. The zero-order chi connectivity index (χ0) is 34.0. The van der Waals surface area contributed by atoms with Gasteiger partial charge in [0, 0.05) is 38.3 Å². The van der Waals surface area contributed by atoms with Crippen LogP contribution in [0.15, 0.2) is 83.8 Å². The summed E-state index contributed by atoms with van der Waals surface area (Å²) in [4.78, 5) is 29.0. The standard InChI is InChI=1S/C36H47N3O7S/c1-26-23-39(27(2)25-40)36(42)32-22-30(37-35(41)21-29-14-7-5-8-15-29)18-19-33(32)46-28(3)13-11-12-20-45-34(26)24-38(4)47(43,44)31-16-9-6-10-17-31/h5-10,14-19,22,26-28,34,40H,11-13,20-21,23-25H2,1-4H3,(H,37,41)/t26-,27-,28+,34+/m1/s1. The molecule has 0 radical (unpaired) electrons. The van der Waals surface area contributed by atoms with Gasteiger partial charge in [-0.3, -0.25) is 9.59 Å². The number of anilines is 1. The molecule has 3 aromatic rings. The van der Waals surface area contributed by atoms with E-state index >= 15 is 0 Å². The molecule has 1 aliphatic rings. The topological polar surface area (TPSA) is 125 Å². The number of carbonyl (C=O) groups excluding carboxylic acids is 2. The van der Waals surface area contributed by atoms with Gasteiger partial charge in [-0.2, -0.15) is 4.31 Å². The van der Waals surface area contributed by atoms with Gasteiger partial charge in [-0.25, -0.2) is 8.42 Å². The van der Waals surface area contributed by atoms with Gasteiger partial charge in [-0.05, 0) is 69.0 Å². The number of nitrogens with zero attached hydrogens (tertiary/aromatic N) is 2. The van der Waals surface area contributed by atoms with E-state index in [9.17, 15) is 23.1 Å². The van der Waals surface area contributed by atoms with Gasteiger partial charge in [-0.15, -0.1) is 0 Å². The van der Waals surface area contributed by atoms with E-state index < -0.39 is 22.2 Å². The number of carbonyl (C=O) groups is 2. The number of hydrogen-bond acceptors (Lipinski definition) is 7. The molecular weight excluding hydrogens is 618 g/mol. The Balaban J connectivity index is 1.63. The minimum atomic E-state index is -3.77. The Kier molecular flexibility index (Phi) is 12.9. The molecule has 1 heterocycles. The van der Waals surface area contributed by atoms with Gasteiger partial charge < -0.3 is 24.8 Å². The predicted octanol–water partition coefficient (Wildman–Crippen LogP) is 4.98. The van der Waals surface area contributed by atoms with E-state index in [1.54, 1.807) is 60.4 Å². The van der Waals surface area contributed by atoms with Crippen LogP contribution in [-0.2, 0) is 26.0 Å². The van der Waals surface area contributed by atoms with Crippen molar-refractivity contribution in [1.82, 2.24) is 9.21 Å². The maximum atomic E-state index is 14.3. The highest BCUT2D eigenvalue weighted by atomic mass is 32.2. The highest BCUT2D eigenvalue weighted by Crippen LogP contribution is 2.29. The van der Waals surface area contributed by atoms with Crippen molar-refractivity contribution in [2.45, 2.75) is 69.6 Å². The molecule has 10 nitrogen and oxygen atoms in total. The smallest absolute Gasteiger partial charge is 0.258 e. The normalized spacial score (nSPS) is 20.5. The fraction of sp³-hybridized carbons (Fsp3) is 0.444. The van der Waals surface area contributed by atoms with E-state index in [0.29, 0.717) is 24.5 Å². The third kappa shape index (κ3) is 9.87. The molecule has 0 saturated heterocycles. The Labute approximate surface area is 278 Å². The third-order valence-electron chi connectivity index (χ3n) is 8.43. The van der Waals surface area contributed by atoms with Gasteiger partial charge >= 0.3 is 0 Å². The first-order valence-electron chi connectivity index (χ1n) is 16.2. The summed E-state index contributed by atoms with van der Waals surface area (Å²) in [6, 6.07) is 22.1. The number of rotatable bonds is 9. The number of ether oxygens (including phenoxy) is 2. The summed E-state index contributed by atoms with van der Waals surface area (Å²) in [6.07, 6.45) is 1.72. The maximum absolute atomic E-state index is 14.3. The first-order valence-corrected chi connectivity index (χ1v) is 17.6. The number of aliphatic hydroxyl groups is 1. The van der Waals surface area contributed by atoms with Gasteiger partial charge in [0.05, 0.1) is 41.7 Å². The van der Waals surface area contributed by atoms with Gasteiger partial charge in [0.25, 0.3) is 5.91 Å². The summed E-state index contributed by atoms with van der Waals surface area (Å²) >= 11 is 0. The summed E-state index contributed by atoms with van der Waals surface area (Å²) in [5.41, 5.74) is 1.58. The SMILES string of the molecule is C[C@@H]1CN([C@H](C)CO)C(=O)c2cc(NC(=O)Cc3ccccc3)ccc2O[C@@H](C)CCCCO[C@H]1CN(C)S(=O)(=O)c1ccccc1. The van der Waals surface area contributed by atoms with Crippen LogP contribution >= 0.6 is 0 Å². The van der Waals surface area contributed by atoms with Crippen molar-refractivity contribution in [3.63, 3.8) is 0 Å². The van der Waals surface area contributed by atoms with Crippen LogP contribution in [0, 0.1) is 5.92 Å². The molecule has 0 unspecified atom stereocenters. The Morgan fingerprint density at radius 3 is 2.40 bits per heavy atom. The van der Waals surface area contributed by atoms with E-state index in [0.717, 1.165) is 18.4 Å². The minimum absolute atomic E-state index is 0.0849. The molecule has 0 aliphatic carbocycles. The summed E-state index contributed by atoms with van der Waals surface area (Å²) in [5, 5.41) is 13.1. The molecule has 254 valence electrons. The van der Waals surface area contributed by atoms with E-state index in [-0.39, 0.29) is 60.4 Å². The van der Waals surface area contributed by atoms with Gasteiger partial charge in [0.2, 0.25) is 15.9 Å². The molecule has 2 amide bonds. The van der Waals surface area contributed by atoms with Crippen molar-refractivity contribution in [1.29, 1.82) is 0 Å². The number of sulfonamides is 1. The van der Waals surface area contributed by atoms with Crippen molar-refractivity contribution >= 4 is 27.5 Å². The van der Waals surface area contributed by atoms with Crippen LogP contribution in [0.5, 0.6) is 5.75 Å². The maximum Gasteiger partial charge on any atom is 0.258 e. The number of nitrogens with one attached hydrogen (secondary N) is 1. The molecule has 0 aromatic heterocycles. The summed E-state index contributed by atoms with van der Waals surface area (Å²) in [5.74, 6) is -0.505. The third-order valence-corrected chi connectivity index (χ3v) is 10.3. The fourth-order valence-electron chi connectivity index (χ4n) is 5.57. The Morgan fingerprint density at radius 1 is 1.04 bits per heavy atom. The second-order valence-electron chi connectivity index (χ2n) is 12.3. The molecule has 0 bridgehead atoms. The van der Waals surface area contributed by atoms with Gasteiger partial charge in [-0.1, -0.05) is 55.5 Å². The molecule has 4 rings (SSSR count). The van der Waals surface area contributed by atoms with Crippen molar-refractivity contribution in [3.8, 4) is 5.75 Å². The van der Waals surface area contributed by atoms with E-state index in [4.69, 9.17) is 9.47 Å². The van der Waals surface area contributed by atoms with Crippen molar-refractivity contribution in [3.05, 3.63) is 90.0 Å². The molecule has 47 heavy (non-hydrogen) atoms. The Bertz CT molecular complexity index is 1570. The molecule has 0 saturated carbocycles. The average Bonchev–Trinajstić information content (AvgIpc) is 3.06. The van der Waals surface area contributed by atoms with Crippen LogP contribution < -0.4 is 10.1 Å². The van der Waals surface area contributed by atoms with Crippen LogP contribution in [0.4, 0.5) is 5.69 Å². The molecule has 3 aromatic carbocycles. The molecule has 1 aliphatic heterocycles. The molecular formula is C36H47N3O7S. The predicted molar refractivity (Wildman–Crippen MR) is 182 cm³/mol. The molecule has 11 heteroatoms. The number of benzene rings is 3. The summed E-state index contributed by atoms with van der Waals surface area (Å²) < 4.78 is 40.6. The number of aliphatic hydroxyl groups excluding tert-OH is 1. The number of amides is 2. The first kappa shape index (κ1) is 36.1. The number of fused-ring (bicyclic) bond motifs is 1. The molecule has 2 N–H and O–H groups in total. The van der Waals surface area contributed by atoms with Gasteiger partial charge in [0.1, 0.15) is 5.75 Å². The average molecular weight is 666 g/mol. The lowest BCUT2D eigenvalue weighted by Gasteiger charge is -2.35. The fourth-order valence-corrected chi connectivity index (χ4v) is 6.78. The minimum Gasteiger partial charge on any atom is -0.490 e. The zero-order valence-electron chi connectivity index (χ0n) is 27.7. The second kappa shape index (κ2) is 16.9. The van der Waals surface area contributed by atoms with E-state index in [1.807, 2.05) is 44.2 Å². The number of hydrogen-bond donors (Lipinski definition) is 2. The van der Waals surface area contributed by atoms with Crippen LogP contribution in [0.3, 0.4) is 0 Å².